The van der Waals surface area contributed by atoms with Gasteiger partial charge in [0, 0.05) is 17.3 Å². The van der Waals surface area contributed by atoms with E-state index in [9.17, 15) is 5.26 Å². The summed E-state index contributed by atoms with van der Waals surface area (Å²) in [5.74, 6) is 0.712. The highest BCUT2D eigenvalue weighted by Gasteiger charge is 2.13. The lowest BCUT2D eigenvalue weighted by atomic mass is 10.1. The first-order valence-electron chi connectivity index (χ1n) is 6.59. The second-order valence-electron chi connectivity index (χ2n) is 4.88. The molecule has 2 aromatic heterocycles. The molecular weight excluding hydrogens is 280 g/mol. The minimum absolute atomic E-state index is 0.596. The summed E-state index contributed by atoms with van der Waals surface area (Å²) in [6.07, 6.45) is 0. The van der Waals surface area contributed by atoms with E-state index in [1.807, 2.05) is 54.7 Å². The van der Waals surface area contributed by atoms with Crippen molar-refractivity contribution in [3.05, 3.63) is 52.0 Å². The number of rotatable bonds is 3. The van der Waals surface area contributed by atoms with E-state index in [-0.39, 0.29) is 0 Å². The quantitative estimate of drug-likeness (QED) is 0.742. The maximum atomic E-state index is 9.38. The molecule has 0 radical (unpaired) electrons. The Morgan fingerprint density at radius 3 is 2.86 bits per heavy atom. The van der Waals surface area contributed by atoms with Crippen LogP contribution in [0.3, 0.4) is 0 Å². The van der Waals surface area contributed by atoms with Crippen molar-refractivity contribution in [1.82, 2.24) is 9.97 Å². The summed E-state index contributed by atoms with van der Waals surface area (Å²) >= 11 is 1.63. The first-order valence-corrected chi connectivity index (χ1v) is 7.47. The van der Waals surface area contributed by atoms with Gasteiger partial charge in [-0.25, -0.2) is 9.97 Å². The minimum atomic E-state index is 0.596. The van der Waals surface area contributed by atoms with Crippen LogP contribution in [0.5, 0.6) is 0 Å². The number of nitriles is 1. The zero-order chi connectivity index (χ0) is 14.8. The van der Waals surface area contributed by atoms with Crippen LogP contribution in [0.25, 0.3) is 10.9 Å². The molecule has 0 fully saturated rings. The van der Waals surface area contributed by atoms with Gasteiger partial charge in [0.1, 0.15) is 11.9 Å². The van der Waals surface area contributed by atoms with Gasteiger partial charge in [-0.2, -0.15) is 5.26 Å². The van der Waals surface area contributed by atoms with Crippen molar-refractivity contribution >= 4 is 28.1 Å². The van der Waals surface area contributed by atoms with Crippen molar-refractivity contribution in [3.8, 4) is 6.07 Å². The number of nitrogens with zero attached hydrogens (tertiary/aromatic N) is 4. The van der Waals surface area contributed by atoms with Gasteiger partial charge in [-0.05, 0) is 19.1 Å². The SMILES string of the molecule is Cc1ncsc1CN(C)c1nc2ccccc2cc1C#N. The minimum Gasteiger partial charge on any atom is -0.353 e. The number of fused-ring (bicyclic) bond motifs is 1. The Kier molecular flexibility index (Phi) is 3.55. The van der Waals surface area contributed by atoms with Crippen molar-refractivity contribution in [1.29, 1.82) is 5.26 Å². The van der Waals surface area contributed by atoms with E-state index in [1.54, 1.807) is 11.3 Å². The third-order valence-electron chi connectivity index (χ3n) is 3.41. The van der Waals surface area contributed by atoms with Crippen molar-refractivity contribution in [3.63, 3.8) is 0 Å². The van der Waals surface area contributed by atoms with Crippen molar-refractivity contribution < 1.29 is 0 Å². The number of aromatic nitrogens is 2. The summed E-state index contributed by atoms with van der Waals surface area (Å²) in [6.45, 7) is 2.70. The van der Waals surface area contributed by atoms with Gasteiger partial charge < -0.3 is 4.90 Å². The van der Waals surface area contributed by atoms with Gasteiger partial charge in [-0.1, -0.05) is 18.2 Å². The molecule has 0 amide bonds. The molecule has 0 aliphatic heterocycles. The molecule has 21 heavy (non-hydrogen) atoms. The van der Waals surface area contributed by atoms with Crippen LogP contribution in [-0.4, -0.2) is 17.0 Å². The van der Waals surface area contributed by atoms with Crippen LogP contribution in [-0.2, 0) is 6.54 Å². The van der Waals surface area contributed by atoms with Crippen molar-refractivity contribution in [2.75, 3.05) is 11.9 Å². The Balaban J connectivity index is 2.02. The summed E-state index contributed by atoms with van der Waals surface area (Å²) in [4.78, 5) is 12.1. The van der Waals surface area contributed by atoms with E-state index in [1.165, 1.54) is 4.88 Å². The predicted molar refractivity (Wildman–Crippen MR) is 85.4 cm³/mol. The zero-order valence-corrected chi connectivity index (χ0v) is 12.7. The van der Waals surface area contributed by atoms with Crippen molar-refractivity contribution in [2.24, 2.45) is 0 Å². The average Bonchev–Trinajstić information content (AvgIpc) is 2.91. The summed E-state index contributed by atoms with van der Waals surface area (Å²) < 4.78 is 0. The number of thiazole rings is 1. The Morgan fingerprint density at radius 2 is 2.14 bits per heavy atom. The van der Waals surface area contributed by atoms with Crippen LogP contribution in [0.2, 0.25) is 0 Å². The fraction of sp³-hybridized carbons (Fsp3) is 0.188. The van der Waals surface area contributed by atoms with Gasteiger partial charge in [0.05, 0.1) is 28.8 Å². The van der Waals surface area contributed by atoms with Crippen molar-refractivity contribution in [2.45, 2.75) is 13.5 Å². The topological polar surface area (TPSA) is 52.8 Å². The summed E-state index contributed by atoms with van der Waals surface area (Å²) in [5, 5.41) is 10.4. The summed E-state index contributed by atoms with van der Waals surface area (Å²) in [7, 11) is 1.96. The second kappa shape index (κ2) is 5.51. The van der Waals surface area contributed by atoms with Crippen LogP contribution in [0.15, 0.2) is 35.8 Å². The highest BCUT2D eigenvalue weighted by molar-refractivity contribution is 7.09. The zero-order valence-electron chi connectivity index (χ0n) is 11.9. The number of benzene rings is 1. The molecule has 0 unspecified atom stereocenters. The van der Waals surface area contributed by atoms with Gasteiger partial charge in [-0.15, -0.1) is 11.3 Å². The molecule has 0 saturated carbocycles. The van der Waals surface area contributed by atoms with Gasteiger partial charge >= 0.3 is 0 Å². The number of anilines is 1. The Labute approximate surface area is 127 Å². The number of aryl methyl sites for hydroxylation is 1. The van der Waals surface area contributed by atoms with Crippen LogP contribution in [0.1, 0.15) is 16.1 Å². The first kappa shape index (κ1) is 13.5. The van der Waals surface area contributed by atoms with E-state index < -0.39 is 0 Å². The first-order chi connectivity index (χ1) is 10.2. The standard InChI is InChI=1S/C16H14N4S/c1-11-15(21-10-18-11)9-20(2)16-13(8-17)7-12-5-3-4-6-14(12)19-16/h3-7,10H,9H2,1-2H3. The molecule has 3 aromatic rings. The molecule has 0 N–H and O–H groups in total. The molecule has 1 aromatic carbocycles. The molecule has 0 atom stereocenters. The molecule has 0 spiro atoms. The van der Waals surface area contributed by atoms with Gasteiger partial charge in [0.2, 0.25) is 0 Å². The predicted octanol–water partition coefficient (Wildman–Crippen LogP) is 3.51. The van der Waals surface area contributed by atoms with E-state index in [0.29, 0.717) is 17.9 Å². The molecule has 3 rings (SSSR count). The Morgan fingerprint density at radius 1 is 1.33 bits per heavy atom. The molecular formula is C16H14N4S. The van der Waals surface area contributed by atoms with Crippen LogP contribution < -0.4 is 4.90 Å². The maximum Gasteiger partial charge on any atom is 0.147 e. The number of hydrogen-bond donors (Lipinski definition) is 0. The second-order valence-corrected chi connectivity index (χ2v) is 5.82. The largest absolute Gasteiger partial charge is 0.353 e. The molecule has 0 aliphatic rings. The highest BCUT2D eigenvalue weighted by atomic mass is 32.1. The molecule has 0 aliphatic carbocycles. The van der Waals surface area contributed by atoms with Crippen LogP contribution in [0.4, 0.5) is 5.82 Å². The molecule has 0 bridgehead atoms. The Bertz CT molecular complexity index is 832. The summed E-state index contributed by atoms with van der Waals surface area (Å²) in [6, 6.07) is 12.0. The number of para-hydroxylation sites is 1. The third kappa shape index (κ3) is 2.58. The third-order valence-corrected chi connectivity index (χ3v) is 4.33. The Hall–Kier alpha value is -2.45. The van der Waals surface area contributed by atoms with Gasteiger partial charge in [-0.3, -0.25) is 0 Å². The van der Waals surface area contributed by atoms with E-state index in [2.05, 4.69) is 16.0 Å². The molecule has 4 nitrogen and oxygen atoms in total. The molecule has 104 valence electrons. The maximum absolute atomic E-state index is 9.38. The normalized spacial score (nSPS) is 10.5. The monoisotopic (exact) mass is 294 g/mol. The fourth-order valence-corrected chi connectivity index (χ4v) is 3.08. The van der Waals surface area contributed by atoms with E-state index >= 15 is 0 Å². The summed E-state index contributed by atoms with van der Waals surface area (Å²) in [5.41, 5.74) is 4.38. The lowest BCUT2D eigenvalue weighted by Gasteiger charge is -2.19. The fourth-order valence-electron chi connectivity index (χ4n) is 2.25. The molecule has 2 heterocycles. The van der Waals surface area contributed by atoms with Gasteiger partial charge in [0.25, 0.3) is 0 Å². The van der Waals surface area contributed by atoms with Crippen LogP contribution >= 0.6 is 11.3 Å². The molecule has 5 heteroatoms. The lowest BCUT2D eigenvalue weighted by Crippen LogP contribution is -2.19. The van der Waals surface area contributed by atoms with E-state index in [4.69, 9.17) is 0 Å². The smallest absolute Gasteiger partial charge is 0.147 e. The van der Waals surface area contributed by atoms with Gasteiger partial charge in [0.15, 0.2) is 0 Å². The number of pyridine rings is 1. The molecule has 0 saturated heterocycles. The van der Waals surface area contributed by atoms with E-state index in [0.717, 1.165) is 16.6 Å². The number of hydrogen-bond acceptors (Lipinski definition) is 5. The average molecular weight is 294 g/mol. The van der Waals surface area contributed by atoms with Crippen LogP contribution in [0, 0.1) is 18.3 Å². The lowest BCUT2D eigenvalue weighted by molar-refractivity contribution is 0.903. The highest BCUT2D eigenvalue weighted by Crippen LogP contribution is 2.24.